The van der Waals surface area contributed by atoms with Gasteiger partial charge in [0.25, 0.3) is 0 Å². The Labute approximate surface area is 214 Å². The quantitative estimate of drug-likeness (QED) is 0.256. The molecule has 0 amide bonds. The number of ether oxygens (including phenoxy) is 3. The van der Waals surface area contributed by atoms with Gasteiger partial charge in [0, 0.05) is 17.7 Å². The Morgan fingerprint density at radius 2 is 1.21 bits per heavy atom. The third kappa shape index (κ3) is 6.76. The van der Waals surface area contributed by atoms with Crippen molar-refractivity contribution in [3.8, 4) is 28.7 Å². The zero-order valence-corrected chi connectivity index (χ0v) is 21.9. The maximum Gasteiger partial charge on any atom is 1.00 e. The molecule has 0 heterocycles. The first-order valence-corrected chi connectivity index (χ1v) is 10.9. The summed E-state index contributed by atoms with van der Waals surface area (Å²) in [5.74, 6) is 0.789. The van der Waals surface area contributed by atoms with Crippen molar-refractivity contribution in [3.63, 3.8) is 0 Å². The minimum Gasteiger partial charge on any atom is -0.736 e. The Morgan fingerprint density at radius 3 is 1.64 bits per heavy atom. The summed E-state index contributed by atoms with van der Waals surface area (Å²) >= 11 is 0. The summed E-state index contributed by atoms with van der Waals surface area (Å²) in [6, 6.07) is 15.2. The van der Waals surface area contributed by atoms with Gasteiger partial charge in [-0.1, -0.05) is 17.7 Å². The van der Waals surface area contributed by atoms with E-state index < -0.39 is 7.82 Å². The molecule has 0 aliphatic rings. The normalized spacial score (nSPS) is 12.0. The van der Waals surface area contributed by atoms with Gasteiger partial charge in [-0.2, -0.15) is 0 Å². The van der Waals surface area contributed by atoms with Crippen LogP contribution in [0.3, 0.4) is 0 Å². The second-order valence-electron chi connectivity index (χ2n) is 6.70. The van der Waals surface area contributed by atoms with E-state index in [0.717, 1.165) is 5.56 Å². The van der Waals surface area contributed by atoms with Gasteiger partial charge in [0.1, 0.15) is 34.3 Å². The van der Waals surface area contributed by atoms with Crippen LogP contribution in [0.15, 0.2) is 60.7 Å². The molecule has 0 saturated carbocycles. The van der Waals surface area contributed by atoms with Crippen molar-refractivity contribution < 1.29 is 67.1 Å². The molecule has 0 aliphatic carbocycles. The fraction of sp³-hybridized carbons (Fsp3) is 0.174. The largest absolute Gasteiger partial charge is 1.00 e. The topological polar surface area (TPSA) is 103 Å². The van der Waals surface area contributed by atoms with Crippen LogP contribution in [0.1, 0.15) is 21.5 Å². The number of carbonyl (C=O) groups is 1. The van der Waals surface area contributed by atoms with Gasteiger partial charge in [-0.25, -0.2) is 4.57 Å². The molecule has 0 saturated heterocycles. The molecule has 0 fully saturated rings. The van der Waals surface area contributed by atoms with E-state index in [4.69, 9.17) is 23.3 Å². The second kappa shape index (κ2) is 11.6. The van der Waals surface area contributed by atoms with Crippen LogP contribution < -0.4 is 57.7 Å². The number of phosphoric ester groups is 1. The van der Waals surface area contributed by atoms with Crippen molar-refractivity contribution in [1.82, 2.24) is 0 Å². The van der Waals surface area contributed by atoms with Gasteiger partial charge in [0.05, 0.1) is 21.3 Å². The predicted octanol–water partition coefficient (Wildman–Crippen LogP) is 1.18. The van der Waals surface area contributed by atoms with E-state index >= 15 is 0 Å². The Kier molecular flexibility index (Phi) is 9.40. The van der Waals surface area contributed by atoms with E-state index in [1.807, 2.05) is 6.92 Å². The minimum absolute atomic E-state index is 0. The monoisotopic (exact) mass is 480 g/mol. The van der Waals surface area contributed by atoms with E-state index in [1.54, 1.807) is 24.3 Å². The molecule has 33 heavy (non-hydrogen) atoms. The molecule has 0 radical (unpaired) electrons. The van der Waals surface area contributed by atoms with Crippen LogP contribution in [-0.2, 0) is 4.57 Å². The molecular weight excluding hydrogens is 458 g/mol. The molecule has 0 bridgehead atoms. The summed E-state index contributed by atoms with van der Waals surface area (Å²) in [6.45, 7) is 1.87. The van der Waals surface area contributed by atoms with Crippen LogP contribution in [0, 0.1) is 6.92 Å². The number of aryl methyl sites for hydroxylation is 1. The minimum atomic E-state index is -4.67. The summed E-state index contributed by atoms with van der Waals surface area (Å²) in [5, 5.41) is 0. The fourth-order valence-electron chi connectivity index (χ4n) is 2.92. The third-order valence-electron chi connectivity index (χ3n) is 4.51. The molecule has 3 aromatic carbocycles. The number of hydrogen-bond acceptors (Lipinski definition) is 8. The summed E-state index contributed by atoms with van der Waals surface area (Å²) in [7, 11) is -0.315. The smallest absolute Gasteiger partial charge is 0.736 e. The second-order valence-corrected chi connectivity index (χ2v) is 7.96. The van der Waals surface area contributed by atoms with Gasteiger partial charge >= 0.3 is 37.4 Å². The molecule has 8 nitrogen and oxygen atoms in total. The Balaban J connectivity index is 0.00000385. The Hall–Kier alpha value is -2.48. The van der Waals surface area contributed by atoms with Crippen molar-refractivity contribution >= 4 is 13.6 Å². The molecule has 0 spiro atoms. The van der Waals surface area contributed by atoms with Gasteiger partial charge < -0.3 is 28.2 Å². The molecule has 3 rings (SSSR count). The number of phosphoric acid groups is 1. The summed E-state index contributed by atoms with van der Waals surface area (Å²) < 4.78 is 38.0. The summed E-state index contributed by atoms with van der Waals surface area (Å²) in [6.07, 6.45) is 0. The zero-order valence-electron chi connectivity index (χ0n) is 19.0. The number of benzene rings is 3. The van der Waals surface area contributed by atoms with Crippen molar-refractivity contribution in [2.75, 3.05) is 21.3 Å². The fourth-order valence-corrected chi connectivity index (χ4v) is 3.71. The number of carbonyl (C=O) groups excluding carboxylic acids is 1. The first kappa shape index (κ1) is 26.8. The van der Waals surface area contributed by atoms with Gasteiger partial charge in [0.15, 0.2) is 0 Å². The van der Waals surface area contributed by atoms with Crippen LogP contribution in [0.25, 0.3) is 0 Å². The Bertz CT molecular complexity index is 1120. The van der Waals surface area contributed by atoms with Crippen LogP contribution in [0.5, 0.6) is 28.7 Å². The predicted molar refractivity (Wildman–Crippen MR) is 116 cm³/mol. The van der Waals surface area contributed by atoms with E-state index in [0.29, 0.717) is 5.75 Å². The average Bonchev–Trinajstić information content (AvgIpc) is 2.79. The zero-order chi connectivity index (χ0) is 23.3. The molecule has 3 aromatic rings. The maximum atomic E-state index is 13.1. The maximum absolute atomic E-state index is 13.1. The molecule has 1 atom stereocenters. The van der Waals surface area contributed by atoms with Crippen LogP contribution in [0.4, 0.5) is 0 Å². The molecule has 10 heteroatoms. The third-order valence-corrected chi connectivity index (χ3v) is 5.38. The molecule has 168 valence electrons. The molecule has 1 unspecified atom stereocenters. The van der Waals surface area contributed by atoms with Gasteiger partial charge in [-0.05, 0) is 43.3 Å². The van der Waals surface area contributed by atoms with E-state index in [2.05, 4.69) is 0 Å². The first-order valence-electron chi connectivity index (χ1n) is 9.48. The number of hydrogen-bond donors (Lipinski definition) is 0. The number of methoxy groups -OCH3 is 3. The van der Waals surface area contributed by atoms with Crippen LogP contribution in [0.2, 0.25) is 0 Å². The van der Waals surface area contributed by atoms with Crippen molar-refractivity contribution in [2.45, 2.75) is 6.92 Å². The van der Waals surface area contributed by atoms with Gasteiger partial charge in [0.2, 0.25) is 5.78 Å². The SMILES string of the molecule is COc1cc(OC)c(C(=O)c2ccc(OP(=O)([O-])Oc3ccc(C)cc3)cc2)c(OC)c1.[Na+]. The van der Waals surface area contributed by atoms with Crippen LogP contribution in [-0.4, -0.2) is 27.1 Å². The van der Waals surface area contributed by atoms with Gasteiger partial charge in [-0.15, -0.1) is 0 Å². The van der Waals surface area contributed by atoms with Gasteiger partial charge in [-0.3, -0.25) is 4.79 Å². The summed E-state index contributed by atoms with van der Waals surface area (Å²) in [4.78, 5) is 25.3. The number of rotatable bonds is 9. The number of ketones is 1. The summed E-state index contributed by atoms with van der Waals surface area (Å²) in [5.41, 5.74) is 1.45. The van der Waals surface area contributed by atoms with Crippen LogP contribution >= 0.6 is 7.82 Å². The van der Waals surface area contributed by atoms with E-state index in [1.165, 1.54) is 57.7 Å². The van der Waals surface area contributed by atoms with Crippen molar-refractivity contribution in [1.29, 1.82) is 0 Å². The molecule has 0 N–H and O–H groups in total. The van der Waals surface area contributed by atoms with Crippen molar-refractivity contribution in [2.24, 2.45) is 0 Å². The first-order chi connectivity index (χ1) is 15.3. The molecule has 0 aromatic heterocycles. The van der Waals surface area contributed by atoms with E-state index in [9.17, 15) is 14.3 Å². The van der Waals surface area contributed by atoms with Crippen molar-refractivity contribution in [3.05, 3.63) is 77.4 Å². The molecule has 0 aliphatic heterocycles. The Morgan fingerprint density at radius 1 is 0.758 bits per heavy atom. The standard InChI is InChI=1S/C23H23O8P.Na/c1-15-5-9-17(10-6-15)30-32(25,26)31-18-11-7-16(8-12-18)23(24)22-20(28-3)13-19(27-2)14-21(22)29-4;/h5-14H,1-4H3,(H,25,26);/q;+1/p-1. The average molecular weight is 480 g/mol. The molecular formula is C23H22NaO8P. The van der Waals surface area contributed by atoms with E-state index in [-0.39, 0.29) is 69.5 Å².